The molecule has 0 saturated heterocycles. The van der Waals surface area contributed by atoms with Crippen LogP contribution >= 0.6 is 0 Å². The van der Waals surface area contributed by atoms with Crippen molar-refractivity contribution in [2.75, 3.05) is 12.4 Å². The fraction of sp³-hybridized carbons (Fsp3) is 0.118. The van der Waals surface area contributed by atoms with E-state index in [-0.39, 0.29) is 0 Å². The van der Waals surface area contributed by atoms with Crippen molar-refractivity contribution in [3.63, 3.8) is 0 Å². The van der Waals surface area contributed by atoms with Crippen LogP contribution in [0.25, 0.3) is 0 Å². The van der Waals surface area contributed by atoms with Gasteiger partial charge in [0.15, 0.2) is 0 Å². The highest BCUT2D eigenvalue weighted by Gasteiger charge is 2.14. The molecule has 0 unspecified atom stereocenters. The second kappa shape index (κ2) is 6.70. The third kappa shape index (κ3) is 3.69. The standard InChI is InChI=1S/C17H18FN3/c1-12-6-8-14(9-7-12)21-15-5-3-4-13(10-15)17(20-2)16(18)11-19/h3-11,21H,19H2,1-2H3/p+1. The van der Waals surface area contributed by atoms with E-state index in [0.717, 1.165) is 23.1 Å². The maximum atomic E-state index is 13.7. The molecule has 0 atom stereocenters. The average Bonchev–Trinajstić information content (AvgIpc) is 2.50. The largest absolute Gasteiger partial charge is 0.402 e. The monoisotopic (exact) mass is 284 g/mol. The molecular weight excluding hydrogens is 265 g/mol. The van der Waals surface area contributed by atoms with Gasteiger partial charge in [0.2, 0.25) is 11.5 Å². The number of benzene rings is 2. The van der Waals surface area contributed by atoms with Crippen molar-refractivity contribution < 1.29 is 9.38 Å². The molecule has 0 amide bonds. The highest BCUT2D eigenvalue weighted by atomic mass is 19.1. The molecule has 108 valence electrons. The number of aryl methyl sites for hydroxylation is 1. The van der Waals surface area contributed by atoms with E-state index in [1.54, 1.807) is 7.05 Å². The average molecular weight is 284 g/mol. The van der Waals surface area contributed by atoms with Gasteiger partial charge in [0.1, 0.15) is 7.05 Å². The number of nitrogens with two attached hydrogens (primary N) is 1. The number of nitrogens with one attached hydrogen (secondary N) is 2. The summed E-state index contributed by atoms with van der Waals surface area (Å²) < 4.78 is 13.7. The van der Waals surface area contributed by atoms with Gasteiger partial charge in [0.05, 0.1) is 5.56 Å². The Morgan fingerprint density at radius 2 is 1.86 bits per heavy atom. The second-order valence-corrected chi connectivity index (χ2v) is 4.71. The Labute approximate surface area is 124 Å². The Morgan fingerprint density at radius 1 is 1.14 bits per heavy atom. The van der Waals surface area contributed by atoms with E-state index in [1.165, 1.54) is 5.56 Å². The molecule has 3 nitrogen and oxygen atoms in total. The molecular formula is C17H19FN3+. The summed E-state index contributed by atoms with van der Waals surface area (Å²) in [4.78, 5) is 2.83. The lowest BCUT2D eigenvalue weighted by molar-refractivity contribution is -0.419. The zero-order valence-corrected chi connectivity index (χ0v) is 12.2. The van der Waals surface area contributed by atoms with Gasteiger partial charge in [-0.1, -0.05) is 23.8 Å². The quantitative estimate of drug-likeness (QED) is 0.752. The zero-order chi connectivity index (χ0) is 15.2. The lowest BCUT2D eigenvalue weighted by Crippen LogP contribution is -2.68. The molecule has 21 heavy (non-hydrogen) atoms. The van der Waals surface area contributed by atoms with Crippen LogP contribution in [0.1, 0.15) is 11.1 Å². The SMILES string of the molecule is C[NH+]=C(C(F)=CN)c1cccc(Nc2ccc(C)cc2)c1. The van der Waals surface area contributed by atoms with Crippen LogP contribution in [-0.2, 0) is 0 Å². The summed E-state index contributed by atoms with van der Waals surface area (Å²) in [6, 6.07) is 15.6. The van der Waals surface area contributed by atoms with Crippen molar-refractivity contribution in [1.82, 2.24) is 0 Å². The molecule has 0 bridgehead atoms. The summed E-state index contributed by atoms with van der Waals surface area (Å²) in [5, 5.41) is 3.29. The van der Waals surface area contributed by atoms with Crippen molar-refractivity contribution in [1.29, 1.82) is 0 Å². The van der Waals surface area contributed by atoms with E-state index in [4.69, 9.17) is 5.73 Å². The summed E-state index contributed by atoms with van der Waals surface area (Å²) in [6.45, 7) is 2.04. The number of anilines is 2. The molecule has 4 N–H and O–H groups in total. The van der Waals surface area contributed by atoms with Gasteiger partial charge in [-0.15, -0.1) is 0 Å². The first-order chi connectivity index (χ1) is 10.1. The van der Waals surface area contributed by atoms with Crippen LogP contribution in [0.5, 0.6) is 0 Å². The highest BCUT2D eigenvalue weighted by molar-refractivity contribution is 6.07. The van der Waals surface area contributed by atoms with Gasteiger partial charge in [-0.2, -0.15) is 4.39 Å². The molecule has 2 aromatic rings. The number of hydrogen-bond acceptors (Lipinski definition) is 2. The first kappa shape index (κ1) is 14.8. The molecule has 0 radical (unpaired) electrons. The summed E-state index contributed by atoms with van der Waals surface area (Å²) in [5.41, 5.74) is 9.42. The van der Waals surface area contributed by atoms with E-state index >= 15 is 0 Å². The minimum absolute atomic E-state index is 0.366. The maximum Gasteiger partial charge on any atom is 0.243 e. The fourth-order valence-electron chi connectivity index (χ4n) is 2.04. The van der Waals surface area contributed by atoms with Crippen LogP contribution in [0.4, 0.5) is 15.8 Å². The van der Waals surface area contributed by atoms with Gasteiger partial charge < -0.3 is 11.1 Å². The zero-order valence-electron chi connectivity index (χ0n) is 12.2. The summed E-state index contributed by atoms with van der Waals surface area (Å²) in [7, 11) is 1.67. The molecule has 4 heteroatoms. The topological polar surface area (TPSA) is 52.0 Å². The van der Waals surface area contributed by atoms with Crippen molar-refractivity contribution in [2.45, 2.75) is 6.92 Å². The van der Waals surface area contributed by atoms with Crippen LogP contribution in [-0.4, -0.2) is 12.8 Å². The van der Waals surface area contributed by atoms with Crippen LogP contribution in [0, 0.1) is 6.92 Å². The van der Waals surface area contributed by atoms with E-state index in [1.807, 2.05) is 55.5 Å². The predicted octanol–water partition coefficient (Wildman–Crippen LogP) is 2.01. The number of allylic oxidation sites excluding steroid dienone is 1. The molecule has 0 aliphatic carbocycles. The van der Waals surface area contributed by atoms with E-state index in [9.17, 15) is 4.39 Å². The molecule has 0 aliphatic rings. The smallest absolute Gasteiger partial charge is 0.243 e. The van der Waals surface area contributed by atoms with Crippen LogP contribution in [0.15, 0.2) is 60.6 Å². The van der Waals surface area contributed by atoms with E-state index < -0.39 is 5.83 Å². The highest BCUT2D eigenvalue weighted by Crippen LogP contribution is 2.19. The Morgan fingerprint density at radius 3 is 2.48 bits per heavy atom. The Balaban J connectivity index is 2.27. The van der Waals surface area contributed by atoms with Crippen molar-refractivity contribution >= 4 is 17.1 Å². The molecule has 0 heterocycles. The van der Waals surface area contributed by atoms with Gasteiger partial charge in [0.25, 0.3) is 0 Å². The van der Waals surface area contributed by atoms with Crippen molar-refractivity contribution in [3.8, 4) is 0 Å². The normalized spacial score (nSPS) is 12.3. The lowest BCUT2D eigenvalue weighted by Gasteiger charge is -2.08. The van der Waals surface area contributed by atoms with Crippen molar-refractivity contribution in [2.24, 2.45) is 5.73 Å². The molecule has 0 aliphatic heterocycles. The Hall–Kier alpha value is -2.62. The molecule has 0 saturated carbocycles. The fourth-order valence-corrected chi connectivity index (χ4v) is 2.04. The minimum atomic E-state index is -0.481. The van der Waals surface area contributed by atoms with E-state index in [2.05, 4.69) is 10.3 Å². The third-order valence-electron chi connectivity index (χ3n) is 3.13. The number of hydrogen-bond donors (Lipinski definition) is 3. The molecule has 2 rings (SSSR count). The van der Waals surface area contributed by atoms with Gasteiger partial charge in [-0.3, -0.25) is 0 Å². The van der Waals surface area contributed by atoms with Gasteiger partial charge in [-0.25, -0.2) is 4.99 Å². The van der Waals surface area contributed by atoms with Gasteiger partial charge in [-0.05, 0) is 37.3 Å². The summed E-state index contributed by atoms with van der Waals surface area (Å²) >= 11 is 0. The van der Waals surface area contributed by atoms with E-state index in [0.29, 0.717) is 5.71 Å². The van der Waals surface area contributed by atoms with Crippen molar-refractivity contribution in [3.05, 3.63) is 71.7 Å². The Kier molecular flexibility index (Phi) is 4.72. The third-order valence-corrected chi connectivity index (χ3v) is 3.13. The Bertz CT molecular complexity index is 673. The molecule has 0 fully saturated rings. The van der Waals surface area contributed by atoms with Crippen LogP contribution in [0.3, 0.4) is 0 Å². The molecule has 2 aromatic carbocycles. The lowest BCUT2D eigenvalue weighted by atomic mass is 10.1. The first-order valence-electron chi connectivity index (χ1n) is 6.70. The number of halogens is 1. The predicted molar refractivity (Wildman–Crippen MR) is 85.3 cm³/mol. The summed E-state index contributed by atoms with van der Waals surface area (Å²) in [6.07, 6.45) is 0.950. The summed E-state index contributed by atoms with van der Waals surface area (Å²) in [5.74, 6) is -0.481. The first-order valence-corrected chi connectivity index (χ1v) is 6.70. The van der Waals surface area contributed by atoms with Crippen LogP contribution in [0.2, 0.25) is 0 Å². The maximum absolute atomic E-state index is 13.7. The van der Waals surface area contributed by atoms with Gasteiger partial charge in [0, 0.05) is 17.6 Å². The van der Waals surface area contributed by atoms with Crippen LogP contribution < -0.4 is 16.0 Å². The second-order valence-electron chi connectivity index (χ2n) is 4.71. The van der Waals surface area contributed by atoms with Gasteiger partial charge >= 0.3 is 0 Å². The number of rotatable bonds is 4. The molecule has 0 aromatic heterocycles. The molecule has 0 spiro atoms. The minimum Gasteiger partial charge on any atom is -0.402 e.